The smallest absolute Gasteiger partial charge is 0.0957 e. The zero-order chi connectivity index (χ0) is 11.2. The predicted molar refractivity (Wildman–Crippen MR) is 71.1 cm³/mol. The van der Waals surface area contributed by atoms with Crippen LogP contribution in [0.4, 0.5) is 0 Å². The maximum absolute atomic E-state index is 4.44. The van der Waals surface area contributed by atoms with Gasteiger partial charge in [0.2, 0.25) is 0 Å². The van der Waals surface area contributed by atoms with Crippen molar-refractivity contribution >= 4 is 32.7 Å². The quantitative estimate of drug-likeness (QED) is 0.477. The summed E-state index contributed by atoms with van der Waals surface area (Å²) in [5.74, 6) is 0. The van der Waals surface area contributed by atoms with Crippen LogP contribution in [0.3, 0.4) is 0 Å². The van der Waals surface area contributed by atoms with E-state index in [1.165, 1.54) is 21.7 Å². The van der Waals surface area contributed by atoms with E-state index >= 15 is 0 Å². The third-order valence-corrected chi connectivity index (χ3v) is 3.25. The lowest BCUT2D eigenvalue weighted by atomic mass is 10.1. The van der Waals surface area contributed by atoms with Gasteiger partial charge in [-0.1, -0.05) is 30.3 Å². The van der Waals surface area contributed by atoms with Crippen molar-refractivity contribution in [1.82, 2.24) is 9.97 Å². The lowest BCUT2D eigenvalue weighted by molar-refractivity contribution is 1.42. The van der Waals surface area contributed by atoms with Gasteiger partial charge < -0.3 is 4.98 Å². The lowest BCUT2D eigenvalue weighted by Gasteiger charge is -1.98. The molecule has 2 aromatic carbocycles. The van der Waals surface area contributed by atoms with Gasteiger partial charge in [-0.05, 0) is 23.6 Å². The van der Waals surface area contributed by atoms with Gasteiger partial charge in [-0.2, -0.15) is 0 Å². The zero-order valence-corrected chi connectivity index (χ0v) is 9.14. The monoisotopic (exact) mass is 218 g/mol. The highest BCUT2D eigenvalue weighted by Crippen LogP contribution is 2.29. The molecule has 4 aromatic rings. The van der Waals surface area contributed by atoms with Gasteiger partial charge in [0.15, 0.2) is 0 Å². The molecule has 2 heterocycles. The van der Waals surface area contributed by atoms with Crippen LogP contribution in [0.15, 0.2) is 54.7 Å². The highest BCUT2D eigenvalue weighted by Gasteiger charge is 2.07. The topological polar surface area (TPSA) is 28.7 Å². The number of aromatic nitrogens is 2. The Kier molecular flexibility index (Phi) is 1.59. The van der Waals surface area contributed by atoms with Crippen molar-refractivity contribution in [1.29, 1.82) is 0 Å². The second-order valence-corrected chi connectivity index (χ2v) is 4.23. The molecule has 0 atom stereocenters. The van der Waals surface area contributed by atoms with Gasteiger partial charge in [-0.25, -0.2) is 0 Å². The number of fused-ring (bicyclic) bond motifs is 5. The first-order chi connectivity index (χ1) is 8.43. The molecule has 2 aromatic heterocycles. The number of hydrogen-bond donors (Lipinski definition) is 1. The highest BCUT2D eigenvalue weighted by molar-refractivity contribution is 6.15. The van der Waals surface area contributed by atoms with E-state index in [1.807, 2.05) is 12.3 Å². The van der Waals surface area contributed by atoms with Crippen molar-refractivity contribution in [3.63, 3.8) is 0 Å². The number of aromatic amines is 1. The molecule has 80 valence electrons. The Labute approximate surface area is 97.9 Å². The van der Waals surface area contributed by atoms with Crippen LogP contribution in [-0.2, 0) is 0 Å². The Balaban J connectivity index is 2.34. The second kappa shape index (κ2) is 3.08. The summed E-state index contributed by atoms with van der Waals surface area (Å²) in [6.45, 7) is 0. The van der Waals surface area contributed by atoms with Gasteiger partial charge in [0.1, 0.15) is 0 Å². The molecule has 0 radical (unpaired) electrons. The second-order valence-electron chi connectivity index (χ2n) is 4.23. The standard InChI is InChI=1S/C15H10N2/c1-2-5-11-10(4-1)7-8-12-14(11)17-13-6-3-9-16-15(12)13/h1-9,17H. The molecular weight excluding hydrogens is 208 g/mol. The molecular formula is C15H10N2. The minimum absolute atomic E-state index is 1.05. The number of benzene rings is 2. The molecule has 0 aliphatic heterocycles. The molecule has 1 N–H and O–H groups in total. The van der Waals surface area contributed by atoms with E-state index in [2.05, 4.69) is 52.4 Å². The summed E-state index contributed by atoms with van der Waals surface area (Å²) in [7, 11) is 0. The maximum atomic E-state index is 4.44. The van der Waals surface area contributed by atoms with E-state index in [1.54, 1.807) is 0 Å². The zero-order valence-electron chi connectivity index (χ0n) is 9.14. The number of nitrogens with zero attached hydrogens (tertiary/aromatic N) is 1. The van der Waals surface area contributed by atoms with Crippen molar-refractivity contribution in [2.75, 3.05) is 0 Å². The van der Waals surface area contributed by atoms with Gasteiger partial charge in [0.05, 0.1) is 16.6 Å². The van der Waals surface area contributed by atoms with E-state index in [9.17, 15) is 0 Å². The molecule has 2 nitrogen and oxygen atoms in total. The van der Waals surface area contributed by atoms with E-state index in [0.29, 0.717) is 0 Å². The number of nitrogens with one attached hydrogen (secondary N) is 1. The first kappa shape index (κ1) is 8.76. The summed E-state index contributed by atoms with van der Waals surface area (Å²) in [6.07, 6.45) is 1.84. The van der Waals surface area contributed by atoms with Crippen molar-refractivity contribution in [3.05, 3.63) is 54.7 Å². The highest BCUT2D eigenvalue weighted by atomic mass is 14.8. The fourth-order valence-electron chi connectivity index (χ4n) is 2.46. The third kappa shape index (κ3) is 1.12. The first-order valence-electron chi connectivity index (χ1n) is 5.68. The Morgan fingerprint density at radius 1 is 0.824 bits per heavy atom. The molecule has 0 aliphatic carbocycles. The summed E-state index contributed by atoms with van der Waals surface area (Å²) < 4.78 is 0. The van der Waals surface area contributed by atoms with Crippen molar-refractivity contribution in [2.24, 2.45) is 0 Å². The summed E-state index contributed by atoms with van der Waals surface area (Å²) in [4.78, 5) is 7.90. The van der Waals surface area contributed by atoms with E-state index in [-0.39, 0.29) is 0 Å². The average molecular weight is 218 g/mol. The summed E-state index contributed by atoms with van der Waals surface area (Å²) in [5.41, 5.74) is 3.32. The van der Waals surface area contributed by atoms with Gasteiger partial charge in [-0.15, -0.1) is 0 Å². The molecule has 4 rings (SSSR count). The largest absolute Gasteiger partial charge is 0.353 e. The van der Waals surface area contributed by atoms with Crippen LogP contribution in [0.25, 0.3) is 32.7 Å². The molecule has 17 heavy (non-hydrogen) atoms. The number of pyridine rings is 1. The summed E-state index contributed by atoms with van der Waals surface area (Å²) in [6, 6.07) is 16.7. The predicted octanol–water partition coefficient (Wildman–Crippen LogP) is 3.87. The van der Waals surface area contributed by atoms with E-state index in [0.717, 1.165) is 11.0 Å². The van der Waals surface area contributed by atoms with Crippen molar-refractivity contribution < 1.29 is 0 Å². The summed E-state index contributed by atoms with van der Waals surface area (Å²) >= 11 is 0. The van der Waals surface area contributed by atoms with Crippen LogP contribution in [0.2, 0.25) is 0 Å². The molecule has 0 bridgehead atoms. The molecule has 0 unspecified atom stereocenters. The average Bonchev–Trinajstić information content (AvgIpc) is 2.78. The number of rotatable bonds is 0. The van der Waals surface area contributed by atoms with Crippen LogP contribution < -0.4 is 0 Å². The Morgan fingerprint density at radius 3 is 2.76 bits per heavy atom. The molecule has 0 fully saturated rings. The fourth-order valence-corrected chi connectivity index (χ4v) is 2.46. The maximum Gasteiger partial charge on any atom is 0.0957 e. The SMILES string of the molecule is c1ccc2c(c1)ccc1c3ncccc3[nH]c21. The molecule has 0 aliphatic rings. The first-order valence-corrected chi connectivity index (χ1v) is 5.68. The lowest BCUT2D eigenvalue weighted by Crippen LogP contribution is -1.74. The van der Waals surface area contributed by atoms with Gasteiger partial charge in [0.25, 0.3) is 0 Å². The molecule has 0 spiro atoms. The van der Waals surface area contributed by atoms with E-state index in [4.69, 9.17) is 0 Å². The van der Waals surface area contributed by atoms with Crippen molar-refractivity contribution in [2.45, 2.75) is 0 Å². The molecule has 0 amide bonds. The molecule has 0 saturated heterocycles. The van der Waals surface area contributed by atoms with Crippen molar-refractivity contribution in [3.8, 4) is 0 Å². The Morgan fingerprint density at radius 2 is 1.76 bits per heavy atom. The van der Waals surface area contributed by atoms with Crippen LogP contribution in [-0.4, -0.2) is 9.97 Å². The Bertz CT molecular complexity index is 843. The third-order valence-electron chi connectivity index (χ3n) is 3.25. The van der Waals surface area contributed by atoms with Crippen LogP contribution in [0.5, 0.6) is 0 Å². The van der Waals surface area contributed by atoms with Crippen LogP contribution >= 0.6 is 0 Å². The van der Waals surface area contributed by atoms with Gasteiger partial charge in [-0.3, -0.25) is 4.98 Å². The van der Waals surface area contributed by atoms with Crippen LogP contribution in [0, 0.1) is 0 Å². The number of H-pyrrole nitrogens is 1. The minimum Gasteiger partial charge on any atom is -0.353 e. The van der Waals surface area contributed by atoms with E-state index < -0.39 is 0 Å². The normalized spacial score (nSPS) is 11.5. The Hall–Kier alpha value is -2.35. The van der Waals surface area contributed by atoms with Gasteiger partial charge in [0, 0.05) is 17.0 Å². The van der Waals surface area contributed by atoms with Gasteiger partial charge >= 0.3 is 0 Å². The fraction of sp³-hybridized carbons (Fsp3) is 0. The molecule has 0 saturated carbocycles. The minimum atomic E-state index is 1.05. The molecule has 2 heteroatoms. The number of hydrogen-bond acceptors (Lipinski definition) is 1. The summed E-state index contributed by atoms with van der Waals surface area (Å²) in [5, 5.41) is 3.70. The van der Waals surface area contributed by atoms with Crippen LogP contribution in [0.1, 0.15) is 0 Å².